The Balaban J connectivity index is 2.43. The van der Waals surface area contributed by atoms with Gasteiger partial charge >= 0.3 is 0 Å². The van der Waals surface area contributed by atoms with Crippen molar-refractivity contribution in [1.29, 1.82) is 0 Å². The van der Waals surface area contributed by atoms with E-state index in [1.54, 1.807) is 12.4 Å². The van der Waals surface area contributed by atoms with Gasteiger partial charge in [0.2, 0.25) is 0 Å². The predicted octanol–water partition coefficient (Wildman–Crippen LogP) is 2.02. The molecule has 0 bridgehead atoms. The first-order valence-electron chi connectivity index (χ1n) is 4.40. The molecule has 0 aliphatic rings. The molecule has 0 atom stereocenters. The lowest BCUT2D eigenvalue weighted by Crippen LogP contribution is -2.00. The zero-order chi connectivity index (χ0) is 10.7. The summed E-state index contributed by atoms with van der Waals surface area (Å²) in [6.45, 7) is 0. The number of nitrogen functional groups attached to an aromatic ring is 1. The molecule has 2 heterocycles. The van der Waals surface area contributed by atoms with Crippen LogP contribution in [0.3, 0.4) is 0 Å². The van der Waals surface area contributed by atoms with Crippen LogP contribution in [-0.2, 0) is 5.33 Å². The lowest BCUT2D eigenvalue weighted by Gasteiger charge is -2.03. The highest BCUT2D eigenvalue weighted by Crippen LogP contribution is 2.16. The molecule has 0 unspecified atom stereocenters. The molecule has 2 rings (SSSR count). The van der Waals surface area contributed by atoms with E-state index in [0.29, 0.717) is 17.0 Å². The summed E-state index contributed by atoms with van der Waals surface area (Å²) in [5, 5.41) is 0.654. The van der Waals surface area contributed by atoms with Gasteiger partial charge in [-0.15, -0.1) is 0 Å². The van der Waals surface area contributed by atoms with E-state index in [4.69, 9.17) is 5.73 Å². The van der Waals surface area contributed by atoms with Crippen LogP contribution in [0.2, 0.25) is 0 Å². The molecule has 4 nitrogen and oxygen atoms in total. The molecule has 0 saturated carbocycles. The number of aromatic nitrogens is 3. The van der Waals surface area contributed by atoms with Crippen molar-refractivity contribution in [3.8, 4) is 11.5 Å². The van der Waals surface area contributed by atoms with Gasteiger partial charge in [-0.3, -0.25) is 4.98 Å². The molecule has 0 aromatic carbocycles. The van der Waals surface area contributed by atoms with E-state index in [9.17, 15) is 0 Å². The average molecular weight is 265 g/mol. The van der Waals surface area contributed by atoms with Gasteiger partial charge in [-0.05, 0) is 12.1 Å². The summed E-state index contributed by atoms with van der Waals surface area (Å²) in [7, 11) is 0. The number of rotatable bonds is 2. The van der Waals surface area contributed by atoms with E-state index in [1.807, 2.05) is 18.2 Å². The van der Waals surface area contributed by atoms with E-state index in [2.05, 4.69) is 30.9 Å². The van der Waals surface area contributed by atoms with Crippen LogP contribution in [0.1, 0.15) is 5.56 Å². The van der Waals surface area contributed by atoms with Gasteiger partial charge in [0.25, 0.3) is 0 Å². The van der Waals surface area contributed by atoms with Gasteiger partial charge in [0.05, 0.1) is 0 Å². The fourth-order valence-electron chi connectivity index (χ4n) is 1.14. The first-order valence-corrected chi connectivity index (χ1v) is 5.52. The maximum atomic E-state index is 5.76. The van der Waals surface area contributed by atoms with Crippen LogP contribution in [0.4, 0.5) is 5.82 Å². The van der Waals surface area contributed by atoms with E-state index in [-0.39, 0.29) is 0 Å². The highest BCUT2D eigenvalue weighted by Gasteiger charge is 2.05. The van der Waals surface area contributed by atoms with E-state index in [1.165, 1.54) is 0 Å². The van der Waals surface area contributed by atoms with Crippen molar-refractivity contribution in [3.63, 3.8) is 0 Å². The predicted molar refractivity (Wildman–Crippen MR) is 62.3 cm³/mol. The van der Waals surface area contributed by atoms with Crippen LogP contribution in [0.15, 0.2) is 30.6 Å². The van der Waals surface area contributed by atoms with Crippen LogP contribution >= 0.6 is 15.9 Å². The number of alkyl halides is 1. The summed E-state index contributed by atoms with van der Waals surface area (Å²) in [6.07, 6.45) is 3.41. The maximum absolute atomic E-state index is 5.76. The quantitative estimate of drug-likeness (QED) is 0.843. The largest absolute Gasteiger partial charge is 0.383 e. The second-order valence-electron chi connectivity index (χ2n) is 2.95. The summed E-state index contributed by atoms with van der Waals surface area (Å²) in [5.74, 6) is 1.04. The fourth-order valence-corrected chi connectivity index (χ4v) is 1.57. The molecule has 2 aromatic heterocycles. The van der Waals surface area contributed by atoms with Crippen molar-refractivity contribution in [2.24, 2.45) is 0 Å². The number of pyridine rings is 1. The smallest absolute Gasteiger partial charge is 0.180 e. The monoisotopic (exact) mass is 264 g/mol. The molecule has 0 aliphatic carbocycles. The molecule has 0 amide bonds. The van der Waals surface area contributed by atoms with Gasteiger partial charge < -0.3 is 5.73 Å². The van der Waals surface area contributed by atoms with Crippen LogP contribution in [0, 0.1) is 0 Å². The van der Waals surface area contributed by atoms with Gasteiger partial charge in [0.1, 0.15) is 11.5 Å². The molecule has 0 spiro atoms. The SMILES string of the molecule is Nc1nc(-c2ccccn2)ncc1CBr. The first kappa shape index (κ1) is 10.0. The molecular formula is C10H9BrN4. The normalized spacial score (nSPS) is 10.2. The van der Waals surface area contributed by atoms with Crippen LogP contribution in [0.5, 0.6) is 0 Å². The number of anilines is 1. The van der Waals surface area contributed by atoms with Crippen LogP contribution in [0.25, 0.3) is 11.5 Å². The molecule has 0 fully saturated rings. The third kappa shape index (κ3) is 2.12. The summed E-state index contributed by atoms with van der Waals surface area (Å²) in [4.78, 5) is 12.5. The molecule has 0 saturated heterocycles. The van der Waals surface area contributed by atoms with Crippen LogP contribution < -0.4 is 5.73 Å². The Morgan fingerprint density at radius 2 is 2.13 bits per heavy atom. The molecule has 76 valence electrons. The van der Waals surface area contributed by atoms with Crippen molar-refractivity contribution >= 4 is 21.7 Å². The zero-order valence-corrected chi connectivity index (χ0v) is 9.48. The Morgan fingerprint density at radius 3 is 2.73 bits per heavy atom. The first-order chi connectivity index (χ1) is 7.31. The van der Waals surface area contributed by atoms with Crippen molar-refractivity contribution < 1.29 is 0 Å². The van der Waals surface area contributed by atoms with Crippen molar-refractivity contribution in [2.45, 2.75) is 5.33 Å². The highest BCUT2D eigenvalue weighted by molar-refractivity contribution is 9.08. The summed E-state index contributed by atoms with van der Waals surface area (Å²) in [6, 6.07) is 5.59. The minimum atomic E-state index is 0.488. The Hall–Kier alpha value is -1.49. The Morgan fingerprint density at radius 1 is 1.27 bits per heavy atom. The van der Waals surface area contributed by atoms with E-state index >= 15 is 0 Å². The topological polar surface area (TPSA) is 64.7 Å². The summed E-state index contributed by atoms with van der Waals surface area (Å²) >= 11 is 3.31. The summed E-state index contributed by atoms with van der Waals surface area (Å²) in [5.41, 5.74) is 7.37. The second kappa shape index (κ2) is 4.35. The van der Waals surface area contributed by atoms with Gasteiger partial charge in [0, 0.05) is 23.3 Å². The van der Waals surface area contributed by atoms with Crippen molar-refractivity contribution in [3.05, 3.63) is 36.2 Å². The Labute approximate surface area is 95.7 Å². The van der Waals surface area contributed by atoms with Gasteiger partial charge in [-0.25, -0.2) is 9.97 Å². The molecule has 5 heteroatoms. The highest BCUT2D eigenvalue weighted by atomic mass is 79.9. The average Bonchev–Trinajstić information content (AvgIpc) is 2.30. The van der Waals surface area contributed by atoms with Crippen molar-refractivity contribution in [1.82, 2.24) is 15.0 Å². The number of nitrogens with two attached hydrogens (primary N) is 1. The fraction of sp³-hybridized carbons (Fsp3) is 0.100. The standard InChI is InChI=1S/C10H9BrN4/c11-5-7-6-14-10(15-9(7)12)8-3-1-2-4-13-8/h1-4,6H,5H2,(H2,12,14,15). The lowest BCUT2D eigenvalue weighted by atomic mass is 10.3. The lowest BCUT2D eigenvalue weighted by molar-refractivity contribution is 1.12. The zero-order valence-electron chi connectivity index (χ0n) is 7.89. The molecule has 0 radical (unpaired) electrons. The minimum Gasteiger partial charge on any atom is -0.383 e. The Bertz CT molecular complexity index is 458. The maximum Gasteiger partial charge on any atom is 0.180 e. The van der Waals surface area contributed by atoms with Gasteiger partial charge in [0.15, 0.2) is 5.82 Å². The molecular weight excluding hydrogens is 256 g/mol. The van der Waals surface area contributed by atoms with Gasteiger partial charge in [-0.1, -0.05) is 22.0 Å². The molecule has 15 heavy (non-hydrogen) atoms. The molecule has 2 N–H and O–H groups in total. The third-order valence-electron chi connectivity index (χ3n) is 1.94. The third-order valence-corrected chi connectivity index (χ3v) is 2.54. The summed E-state index contributed by atoms with van der Waals surface area (Å²) < 4.78 is 0. The van der Waals surface area contributed by atoms with E-state index in [0.717, 1.165) is 11.3 Å². The number of hydrogen-bond donors (Lipinski definition) is 1. The second-order valence-corrected chi connectivity index (χ2v) is 3.51. The number of halogens is 1. The van der Waals surface area contributed by atoms with Gasteiger partial charge in [-0.2, -0.15) is 0 Å². The van der Waals surface area contributed by atoms with Crippen molar-refractivity contribution in [2.75, 3.05) is 5.73 Å². The number of hydrogen-bond acceptors (Lipinski definition) is 4. The van der Waals surface area contributed by atoms with Crippen LogP contribution in [-0.4, -0.2) is 15.0 Å². The molecule has 2 aromatic rings. The molecule has 0 aliphatic heterocycles. The minimum absolute atomic E-state index is 0.488. The Kier molecular flexibility index (Phi) is 2.91. The number of nitrogens with zero attached hydrogens (tertiary/aromatic N) is 3. The van der Waals surface area contributed by atoms with E-state index < -0.39 is 0 Å².